The second kappa shape index (κ2) is 3.00. The van der Waals surface area contributed by atoms with Gasteiger partial charge in [0.25, 0.3) is 0 Å². The molecule has 0 spiro atoms. The molecule has 1 unspecified atom stereocenters. The number of hydrogen-bond acceptors (Lipinski definition) is 2. The number of carboxylic acid groups (broad SMARTS) is 1. The highest BCUT2D eigenvalue weighted by Crippen LogP contribution is 2.63. The van der Waals surface area contributed by atoms with Crippen LogP contribution in [0.5, 0.6) is 0 Å². The van der Waals surface area contributed by atoms with Gasteiger partial charge in [0, 0.05) is 5.41 Å². The van der Waals surface area contributed by atoms with Gasteiger partial charge in [0.05, 0.1) is 0 Å². The summed E-state index contributed by atoms with van der Waals surface area (Å²) in [6.45, 7) is 1.52. The van der Waals surface area contributed by atoms with Crippen molar-refractivity contribution in [3.05, 3.63) is 0 Å². The number of rotatable bonds is 2. The Balaban J connectivity index is 1.97. The van der Waals surface area contributed by atoms with Crippen molar-refractivity contribution in [3.63, 3.8) is 0 Å². The quantitative estimate of drug-likeness (QED) is 0.754. The first-order chi connectivity index (χ1) is 7.43. The molecule has 0 aromatic carbocycles. The van der Waals surface area contributed by atoms with Crippen LogP contribution in [-0.4, -0.2) is 21.8 Å². The van der Waals surface area contributed by atoms with Crippen molar-refractivity contribution in [2.24, 2.45) is 23.2 Å². The van der Waals surface area contributed by atoms with E-state index < -0.39 is 11.6 Å². The summed E-state index contributed by atoms with van der Waals surface area (Å²) in [5.41, 5.74) is -1.85. The zero-order valence-corrected chi connectivity index (χ0v) is 9.78. The Labute approximate surface area is 95.9 Å². The van der Waals surface area contributed by atoms with Crippen LogP contribution in [0.25, 0.3) is 0 Å². The zero-order valence-electron chi connectivity index (χ0n) is 9.78. The van der Waals surface area contributed by atoms with Crippen LogP contribution in [0, 0.1) is 23.2 Å². The SMILES string of the molecule is CC(O)(C(=O)O)C12CC3CC(CC(C3)C1)C2. The van der Waals surface area contributed by atoms with Crippen molar-refractivity contribution in [1.29, 1.82) is 0 Å². The van der Waals surface area contributed by atoms with E-state index in [0.717, 1.165) is 19.3 Å². The fraction of sp³-hybridized carbons (Fsp3) is 0.923. The molecule has 4 fully saturated rings. The third-order valence-electron chi connectivity index (χ3n) is 5.49. The molecule has 2 N–H and O–H groups in total. The minimum Gasteiger partial charge on any atom is -0.479 e. The summed E-state index contributed by atoms with van der Waals surface area (Å²) in [4.78, 5) is 11.3. The summed E-state index contributed by atoms with van der Waals surface area (Å²) in [6.07, 6.45) is 6.60. The van der Waals surface area contributed by atoms with Gasteiger partial charge in [0.15, 0.2) is 5.60 Å². The number of carboxylic acids is 1. The van der Waals surface area contributed by atoms with E-state index in [2.05, 4.69) is 0 Å². The Morgan fingerprint density at radius 3 is 1.81 bits per heavy atom. The molecular weight excluding hydrogens is 204 g/mol. The molecule has 0 radical (unpaired) electrons. The maximum absolute atomic E-state index is 11.3. The highest BCUT2D eigenvalue weighted by Gasteiger charge is 2.61. The maximum atomic E-state index is 11.3. The van der Waals surface area contributed by atoms with Gasteiger partial charge in [-0.15, -0.1) is 0 Å². The van der Waals surface area contributed by atoms with Crippen LogP contribution in [0.15, 0.2) is 0 Å². The third kappa shape index (κ3) is 1.21. The van der Waals surface area contributed by atoms with E-state index in [1.807, 2.05) is 0 Å². The van der Waals surface area contributed by atoms with Crippen molar-refractivity contribution >= 4 is 5.97 Å². The summed E-state index contributed by atoms with van der Waals surface area (Å²) in [7, 11) is 0. The van der Waals surface area contributed by atoms with Crippen LogP contribution in [0.3, 0.4) is 0 Å². The van der Waals surface area contributed by atoms with Crippen molar-refractivity contribution in [2.75, 3.05) is 0 Å². The molecule has 0 heterocycles. The lowest BCUT2D eigenvalue weighted by Crippen LogP contribution is -2.60. The van der Waals surface area contributed by atoms with Crippen molar-refractivity contribution in [2.45, 2.75) is 51.0 Å². The van der Waals surface area contributed by atoms with Crippen LogP contribution in [0.4, 0.5) is 0 Å². The minimum absolute atomic E-state index is 0.326. The molecule has 0 saturated heterocycles. The molecule has 4 bridgehead atoms. The van der Waals surface area contributed by atoms with E-state index in [-0.39, 0.29) is 5.41 Å². The molecule has 3 heteroatoms. The monoisotopic (exact) mass is 224 g/mol. The fourth-order valence-corrected chi connectivity index (χ4v) is 4.93. The molecule has 0 amide bonds. The first-order valence-corrected chi connectivity index (χ1v) is 6.39. The van der Waals surface area contributed by atoms with Crippen LogP contribution in [0.2, 0.25) is 0 Å². The van der Waals surface area contributed by atoms with Gasteiger partial charge < -0.3 is 10.2 Å². The van der Waals surface area contributed by atoms with E-state index in [4.69, 9.17) is 0 Å². The predicted molar refractivity (Wildman–Crippen MR) is 58.9 cm³/mol. The highest BCUT2D eigenvalue weighted by atomic mass is 16.4. The standard InChI is InChI=1S/C13H20O3/c1-12(16,11(14)15)13-5-8-2-9(6-13)4-10(3-8)7-13/h8-10,16H,2-7H2,1H3,(H,14,15). The molecule has 4 aliphatic carbocycles. The number of aliphatic hydroxyl groups is 1. The number of hydrogen-bond donors (Lipinski definition) is 2. The summed E-state index contributed by atoms with van der Waals surface area (Å²) < 4.78 is 0. The van der Waals surface area contributed by atoms with Crippen LogP contribution in [-0.2, 0) is 4.79 Å². The second-order valence-corrected chi connectivity index (χ2v) is 6.58. The van der Waals surface area contributed by atoms with Gasteiger partial charge in [-0.3, -0.25) is 0 Å². The lowest BCUT2D eigenvalue weighted by Gasteiger charge is -2.60. The van der Waals surface area contributed by atoms with Crippen molar-refractivity contribution in [1.82, 2.24) is 0 Å². The molecule has 3 nitrogen and oxygen atoms in total. The van der Waals surface area contributed by atoms with Gasteiger partial charge in [-0.1, -0.05) is 0 Å². The first kappa shape index (κ1) is 10.6. The fourth-order valence-electron chi connectivity index (χ4n) is 4.93. The lowest BCUT2D eigenvalue weighted by atomic mass is 9.45. The van der Waals surface area contributed by atoms with E-state index in [1.54, 1.807) is 0 Å². The Morgan fingerprint density at radius 1 is 1.12 bits per heavy atom. The summed E-state index contributed by atoms with van der Waals surface area (Å²) >= 11 is 0. The summed E-state index contributed by atoms with van der Waals surface area (Å²) in [5.74, 6) is 1.00. The highest BCUT2D eigenvalue weighted by molar-refractivity contribution is 5.78. The summed E-state index contributed by atoms with van der Waals surface area (Å²) in [6, 6.07) is 0. The molecular formula is C13H20O3. The lowest BCUT2D eigenvalue weighted by molar-refractivity contribution is -0.199. The molecule has 1 atom stereocenters. The smallest absolute Gasteiger partial charge is 0.335 e. The Morgan fingerprint density at radius 2 is 1.50 bits per heavy atom. The largest absolute Gasteiger partial charge is 0.479 e. The van der Waals surface area contributed by atoms with Crippen molar-refractivity contribution < 1.29 is 15.0 Å². The Hall–Kier alpha value is -0.570. The topological polar surface area (TPSA) is 57.5 Å². The molecule has 0 aromatic rings. The van der Waals surface area contributed by atoms with E-state index in [9.17, 15) is 15.0 Å². The minimum atomic E-state index is -1.52. The Bertz CT molecular complexity index is 297. The number of aliphatic carboxylic acids is 1. The van der Waals surface area contributed by atoms with Crippen molar-refractivity contribution in [3.8, 4) is 0 Å². The molecule has 4 rings (SSSR count). The van der Waals surface area contributed by atoms with E-state index in [0.29, 0.717) is 17.8 Å². The van der Waals surface area contributed by atoms with E-state index in [1.165, 1.54) is 26.2 Å². The maximum Gasteiger partial charge on any atom is 0.335 e. The molecule has 4 aliphatic rings. The molecule has 4 saturated carbocycles. The second-order valence-electron chi connectivity index (χ2n) is 6.58. The van der Waals surface area contributed by atoms with Crippen LogP contribution >= 0.6 is 0 Å². The van der Waals surface area contributed by atoms with Crippen LogP contribution < -0.4 is 0 Å². The average Bonchev–Trinajstić information content (AvgIpc) is 2.14. The van der Waals surface area contributed by atoms with E-state index >= 15 is 0 Å². The van der Waals surface area contributed by atoms with Gasteiger partial charge in [0.2, 0.25) is 0 Å². The average molecular weight is 224 g/mol. The van der Waals surface area contributed by atoms with Gasteiger partial charge in [-0.2, -0.15) is 0 Å². The number of carbonyl (C=O) groups is 1. The molecule has 0 aliphatic heterocycles. The van der Waals surface area contributed by atoms with Crippen LogP contribution in [0.1, 0.15) is 45.4 Å². The van der Waals surface area contributed by atoms with Gasteiger partial charge in [0.1, 0.15) is 0 Å². The summed E-state index contributed by atoms with van der Waals surface area (Å²) in [5, 5.41) is 19.6. The predicted octanol–water partition coefficient (Wildman–Crippen LogP) is 2.04. The third-order valence-corrected chi connectivity index (χ3v) is 5.49. The Kier molecular flexibility index (Phi) is 1.99. The van der Waals surface area contributed by atoms with Gasteiger partial charge in [-0.05, 0) is 63.2 Å². The first-order valence-electron chi connectivity index (χ1n) is 6.39. The normalized spacial score (nSPS) is 49.0. The van der Waals surface area contributed by atoms with Gasteiger partial charge >= 0.3 is 5.97 Å². The molecule has 0 aromatic heterocycles. The molecule has 16 heavy (non-hydrogen) atoms. The van der Waals surface area contributed by atoms with Gasteiger partial charge in [-0.25, -0.2) is 4.79 Å². The molecule has 90 valence electrons. The zero-order chi connectivity index (χ0) is 11.6.